The average Bonchev–Trinajstić information content (AvgIpc) is 2.76. The lowest BCUT2D eigenvalue weighted by atomic mass is 10.1. The third-order valence-corrected chi connectivity index (χ3v) is 4.70. The molecule has 0 amide bonds. The van der Waals surface area contributed by atoms with E-state index in [4.69, 9.17) is 14.5 Å². The maximum absolute atomic E-state index is 5.38. The average molecular weight is 526 g/mol. The van der Waals surface area contributed by atoms with Gasteiger partial charge in [-0.05, 0) is 43.3 Å². The van der Waals surface area contributed by atoms with Crippen LogP contribution in [0.5, 0.6) is 11.5 Å². The summed E-state index contributed by atoms with van der Waals surface area (Å²) in [6.45, 7) is 10.9. The van der Waals surface area contributed by atoms with Gasteiger partial charge < -0.3 is 20.1 Å². The number of benzene rings is 2. The molecular weight excluding hydrogens is 491 g/mol. The van der Waals surface area contributed by atoms with E-state index in [1.54, 1.807) is 14.2 Å². The van der Waals surface area contributed by atoms with Crippen LogP contribution in [0.3, 0.4) is 0 Å². The zero-order valence-corrected chi connectivity index (χ0v) is 21.0. The summed E-state index contributed by atoms with van der Waals surface area (Å²) in [6, 6.07) is 14.4. The topological polar surface area (TPSA) is 58.1 Å². The van der Waals surface area contributed by atoms with E-state index in [1.807, 2.05) is 18.2 Å². The van der Waals surface area contributed by atoms with Gasteiger partial charge in [0.05, 0.1) is 20.8 Å². The maximum Gasteiger partial charge on any atom is 0.196 e. The van der Waals surface area contributed by atoms with E-state index in [9.17, 15) is 0 Å². The van der Waals surface area contributed by atoms with Gasteiger partial charge in [-0.1, -0.05) is 38.1 Å². The van der Waals surface area contributed by atoms with Gasteiger partial charge in [0.25, 0.3) is 0 Å². The Morgan fingerprint density at radius 2 is 1.63 bits per heavy atom. The number of methoxy groups -OCH3 is 2. The molecule has 0 atom stereocenters. The SMILES string of the molecule is CCNC(=NCc1cccc(CN(CC)CC)c1)Nc1ccc(OC)c(OC)c1.I. The third-order valence-electron chi connectivity index (χ3n) is 4.70. The molecule has 0 aliphatic heterocycles. The van der Waals surface area contributed by atoms with Crippen molar-refractivity contribution in [2.45, 2.75) is 33.9 Å². The summed E-state index contributed by atoms with van der Waals surface area (Å²) in [7, 11) is 3.26. The number of ether oxygens (including phenoxy) is 2. The lowest BCUT2D eigenvalue weighted by Gasteiger charge is -2.18. The Balaban J connectivity index is 0.00000450. The third kappa shape index (κ3) is 8.02. The van der Waals surface area contributed by atoms with Crippen LogP contribution in [0, 0.1) is 0 Å². The van der Waals surface area contributed by atoms with Gasteiger partial charge in [-0.15, -0.1) is 24.0 Å². The Bertz CT molecular complexity index is 795. The van der Waals surface area contributed by atoms with Crippen LogP contribution in [-0.2, 0) is 13.1 Å². The highest BCUT2D eigenvalue weighted by Gasteiger charge is 2.07. The number of nitrogens with zero attached hydrogens (tertiary/aromatic N) is 2. The minimum atomic E-state index is 0. The van der Waals surface area contributed by atoms with Crippen molar-refractivity contribution in [3.63, 3.8) is 0 Å². The summed E-state index contributed by atoms with van der Waals surface area (Å²) in [5.74, 6) is 2.11. The summed E-state index contributed by atoms with van der Waals surface area (Å²) in [4.78, 5) is 7.15. The van der Waals surface area contributed by atoms with Crippen molar-refractivity contribution in [1.82, 2.24) is 10.2 Å². The predicted molar refractivity (Wildman–Crippen MR) is 136 cm³/mol. The fourth-order valence-corrected chi connectivity index (χ4v) is 3.06. The van der Waals surface area contributed by atoms with E-state index in [0.717, 1.165) is 37.8 Å². The first-order valence-electron chi connectivity index (χ1n) is 10.2. The van der Waals surface area contributed by atoms with Crippen molar-refractivity contribution >= 4 is 35.6 Å². The Labute approximate surface area is 198 Å². The summed E-state index contributed by atoms with van der Waals surface area (Å²) < 4.78 is 10.7. The molecule has 2 N–H and O–H groups in total. The van der Waals surface area contributed by atoms with Crippen LogP contribution in [0.1, 0.15) is 31.9 Å². The monoisotopic (exact) mass is 526 g/mol. The molecule has 166 valence electrons. The molecule has 30 heavy (non-hydrogen) atoms. The molecule has 2 aromatic carbocycles. The van der Waals surface area contributed by atoms with Gasteiger partial charge in [-0.3, -0.25) is 4.90 Å². The van der Waals surface area contributed by atoms with Crippen molar-refractivity contribution < 1.29 is 9.47 Å². The molecule has 0 aromatic heterocycles. The minimum absolute atomic E-state index is 0. The second kappa shape index (κ2) is 14.1. The van der Waals surface area contributed by atoms with Crippen molar-refractivity contribution in [2.24, 2.45) is 4.99 Å². The number of hydrogen-bond donors (Lipinski definition) is 2. The quantitative estimate of drug-likeness (QED) is 0.266. The van der Waals surface area contributed by atoms with Crippen LogP contribution in [0.4, 0.5) is 5.69 Å². The van der Waals surface area contributed by atoms with E-state index in [1.165, 1.54) is 11.1 Å². The second-order valence-corrected chi connectivity index (χ2v) is 6.67. The molecule has 0 bridgehead atoms. The summed E-state index contributed by atoms with van der Waals surface area (Å²) in [5.41, 5.74) is 3.40. The molecule has 0 unspecified atom stereocenters. The van der Waals surface area contributed by atoms with E-state index < -0.39 is 0 Å². The predicted octanol–water partition coefficient (Wildman–Crippen LogP) is 4.74. The molecule has 7 heteroatoms. The van der Waals surface area contributed by atoms with Gasteiger partial charge in [-0.25, -0.2) is 4.99 Å². The molecule has 0 fully saturated rings. The molecule has 0 heterocycles. The van der Waals surface area contributed by atoms with Crippen LogP contribution in [-0.4, -0.2) is 44.7 Å². The van der Waals surface area contributed by atoms with E-state index in [-0.39, 0.29) is 24.0 Å². The normalized spacial score (nSPS) is 11.1. The molecule has 2 rings (SSSR count). The van der Waals surface area contributed by atoms with E-state index in [0.29, 0.717) is 18.0 Å². The van der Waals surface area contributed by atoms with Gasteiger partial charge in [0.1, 0.15) is 0 Å². The minimum Gasteiger partial charge on any atom is -0.493 e. The van der Waals surface area contributed by atoms with Crippen molar-refractivity contribution in [2.75, 3.05) is 39.2 Å². The number of guanidine groups is 1. The highest BCUT2D eigenvalue weighted by atomic mass is 127. The summed E-state index contributed by atoms with van der Waals surface area (Å²) >= 11 is 0. The fraction of sp³-hybridized carbons (Fsp3) is 0.435. The zero-order chi connectivity index (χ0) is 21.1. The Morgan fingerprint density at radius 1 is 0.933 bits per heavy atom. The van der Waals surface area contributed by atoms with Gasteiger partial charge in [0.15, 0.2) is 17.5 Å². The lowest BCUT2D eigenvalue weighted by molar-refractivity contribution is 0.296. The largest absolute Gasteiger partial charge is 0.493 e. The highest BCUT2D eigenvalue weighted by molar-refractivity contribution is 14.0. The Morgan fingerprint density at radius 3 is 2.27 bits per heavy atom. The Kier molecular flexibility index (Phi) is 12.2. The number of nitrogens with one attached hydrogen (secondary N) is 2. The number of hydrogen-bond acceptors (Lipinski definition) is 4. The summed E-state index contributed by atoms with van der Waals surface area (Å²) in [6.07, 6.45) is 0. The number of rotatable bonds is 10. The molecule has 0 radical (unpaired) electrons. The lowest BCUT2D eigenvalue weighted by Crippen LogP contribution is -2.30. The maximum atomic E-state index is 5.38. The van der Waals surface area contributed by atoms with Crippen molar-refractivity contribution in [1.29, 1.82) is 0 Å². The first-order chi connectivity index (χ1) is 14.1. The van der Waals surface area contributed by atoms with Crippen molar-refractivity contribution in [3.05, 3.63) is 53.6 Å². The second-order valence-electron chi connectivity index (χ2n) is 6.67. The fourth-order valence-electron chi connectivity index (χ4n) is 3.06. The first-order valence-corrected chi connectivity index (χ1v) is 10.2. The number of aliphatic imine (C=N–C) groups is 1. The number of anilines is 1. The van der Waals surface area contributed by atoms with Crippen molar-refractivity contribution in [3.8, 4) is 11.5 Å². The standard InChI is InChI=1S/C23H34N4O2.HI/c1-6-24-23(26-20-12-13-21(28-4)22(15-20)29-5)25-16-18-10-9-11-19(14-18)17-27(7-2)8-3;/h9-15H,6-8,16-17H2,1-5H3,(H2,24,25,26);1H. The van der Waals surface area contributed by atoms with Gasteiger partial charge in [-0.2, -0.15) is 0 Å². The summed E-state index contributed by atoms with van der Waals surface area (Å²) in [5, 5.41) is 6.63. The van der Waals surface area contributed by atoms with Gasteiger partial charge in [0, 0.05) is 24.8 Å². The van der Waals surface area contributed by atoms with Crippen LogP contribution in [0.25, 0.3) is 0 Å². The van der Waals surface area contributed by atoms with Gasteiger partial charge >= 0.3 is 0 Å². The smallest absolute Gasteiger partial charge is 0.196 e. The Hall–Kier alpha value is -2.00. The van der Waals surface area contributed by atoms with E-state index >= 15 is 0 Å². The molecule has 0 saturated carbocycles. The number of halogens is 1. The first kappa shape index (κ1) is 26.0. The van der Waals surface area contributed by atoms with E-state index in [2.05, 4.69) is 60.6 Å². The van der Waals surface area contributed by atoms with Crippen LogP contribution in [0.15, 0.2) is 47.5 Å². The van der Waals surface area contributed by atoms with Crippen LogP contribution < -0.4 is 20.1 Å². The van der Waals surface area contributed by atoms with Crippen LogP contribution in [0.2, 0.25) is 0 Å². The molecule has 0 spiro atoms. The highest BCUT2D eigenvalue weighted by Crippen LogP contribution is 2.29. The molecule has 0 aliphatic rings. The molecule has 0 saturated heterocycles. The zero-order valence-electron chi connectivity index (χ0n) is 18.7. The molecule has 0 aliphatic carbocycles. The molecular formula is C23H35IN4O2. The molecule has 6 nitrogen and oxygen atoms in total. The van der Waals surface area contributed by atoms with Gasteiger partial charge in [0.2, 0.25) is 0 Å². The van der Waals surface area contributed by atoms with Crippen LogP contribution >= 0.6 is 24.0 Å². The molecule has 2 aromatic rings.